The zero-order valence-corrected chi connectivity index (χ0v) is 30.4. The molecule has 286 valence electrons. The Kier molecular flexibility index (Phi) is 25.0. The Bertz CT molecular complexity index is 975. The fourth-order valence-electron chi connectivity index (χ4n) is 5.26. The number of rotatable bonds is 28. The Hall–Kier alpha value is -1.67. The number of carbonyl (C=O) groups is 2. The number of hydrogen-bond acceptors (Lipinski definition) is 12. The predicted molar refractivity (Wildman–Crippen MR) is 184 cm³/mol. The van der Waals surface area contributed by atoms with Gasteiger partial charge >= 0.3 is 19.8 Å². The fraction of sp³-hybridized carbons (Fsp3) is 0.829. The maximum absolute atomic E-state index is 12.7. The Balaban J connectivity index is 2.53. The molecular weight excluding hydrogens is 659 g/mol. The molecule has 1 fully saturated rings. The lowest BCUT2D eigenvalue weighted by molar-refractivity contribution is -0.220. The Morgan fingerprint density at radius 3 is 1.69 bits per heavy atom. The first-order valence-electron chi connectivity index (χ1n) is 18.1. The van der Waals surface area contributed by atoms with Crippen LogP contribution in [0, 0.1) is 0 Å². The molecule has 0 bridgehead atoms. The van der Waals surface area contributed by atoms with Crippen molar-refractivity contribution in [3.63, 3.8) is 0 Å². The van der Waals surface area contributed by atoms with Crippen molar-refractivity contribution in [2.24, 2.45) is 0 Å². The summed E-state index contributed by atoms with van der Waals surface area (Å²) in [6, 6.07) is 0. The van der Waals surface area contributed by atoms with Gasteiger partial charge in [0.1, 0.15) is 43.2 Å². The van der Waals surface area contributed by atoms with Gasteiger partial charge in [0.25, 0.3) is 0 Å². The molecule has 1 aliphatic carbocycles. The molecule has 0 heterocycles. The first kappa shape index (κ1) is 45.4. The monoisotopic (exact) mass is 722 g/mol. The van der Waals surface area contributed by atoms with E-state index in [0.717, 1.165) is 70.6 Å². The van der Waals surface area contributed by atoms with Gasteiger partial charge in [-0.05, 0) is 44.9 Å². The van der Waals surface area contributed by atoms with Gasteiger partial charge in [0.05, 0.1) is 6.61 Å². The lowest BCUT2D eigenvalue weighted by atomic mass is 9.85. The summed E-state index contributed by atoms with van der Waals surface area (Å²) in [5.74, 6) is -1.13. The summed E-state index contributed by atoms with van der Waals surface area (Å²) in [5, 5.41) is 49.7. The molecule has 6 atom stereocenters. The highest BCUT2D eigenvalue weighted by Gasteiger charge is 2.51. The van der Waals surface area contributed by atoms with E-state index in [1.54, 1.807) is 0 Å². The lowest BCUT2D eigenvalue weighted by Crippen LogP contribution is -2.64. The van der Waals surface area contributed by atoms with E-state index in [1.165, 1.54) is 19.3 Å². The third kappa shape index (κ3) is 20.7. The summed E-state index contributed by atoms with van der Waals surface area (Å²) >= 11 is 0. The van der Waals surface area contributed by atoms with Gasteiger partial charge in [-0.2, -0.15) is 0 Å². The zero-order valence-electron chi connectivity index (χ0n) is 29.5. The van der Waals surface area contributed by atoms with Crippen molar-refractivity contribution in [2.45, 2.75) is 172 Å². The number of ether oxygens (including phenoxy) is 2. The molecule has 1 saturated carbocycles. The van der Waals surface area contributed by atoms with Crippen LogP contribution in [-0.2, 0) is 32.7 Å². The molecule has 0 spiro atoms. The number of hydrogen-bond donors (Lipinski definition) is 6. The Morgan fingerprint density at radius 2 is 1.10 bits per heavy atom. The summed E-state index contributed by atoms with van der Waals surface area (Å²) in [5.41, 5.74) is 0. The molecule has 13 nitrogen and oxygen atoms in total. The molecule has 49 heavy (non-hydrogen) atoms. The molecule has 6 N–H and O–H groups in total. The van der Waals surface area contributed by atoms with Gasteiger partial charge in [-0.1, -0.05) is 95.9 Å². The summed E-state index contributed by atoms with van der Waals surface area (Å²) in [7, 11) is -5.10. The maximum atomic E-state index is 12.7. The van der Waals surface area contributed by atoms with Gasteiger partial charge in [0.2, 0.25) is 0 Å². The van der Waals surface area contributed by atoms with E-state index in [4.69, 9.17) is 18.5 Å². The third-order valence-corrected chi connectivity index (χ3v) is 9.28. The van der Waals surface area contributed by atoms with Gasteiger partial charge < -0.3 is 39.9 Å². The van der Waals surface area contributed by atoms with Crippen molar-refractivity contribution in [1.82, 2.24) is 0 Å². The maximum Gasteiger partial charge on any atom is 0.472 e. The van der Waals surface area contributed by atoms with Crippen LogP contribution in [0.5, 0.6) is 0 Å². The normalized spacial score (nSPS) is 24.7. The number of allylic oxidation sites excluding steroid dienone is 4. The van der Waals surface area contributed by atoms with Gasteiger partial charge in [-0.15, -0.1) is 0 Å². The molecule has 6 unspecified atom stereocenters. The van der Waals surface area contributed by atoms with Gasteiger partial charge in [0.15, 0.2) is 6.10 Å². The van der Waals surface area contributed by atoms with E-state index in [2.05, 4.69) is 38.2 Å². The van der Waals surface area contributed by atoms with Crippen LogP contribution in [0.25, 0.3) is 0 Å². The van der Waals surface area contributed by atoms with Crippen LogP contribution in [0.2, 0.25) is 0 Å². The van der Waals surface area contributed by atoms with Gasteiger partial charge in [-0.25, -0.2) is 4.57 Å². The molecule has 0 aromatic carbocycles. The SMILES string of the molecule is CCCCC/C=C\C/C=C\CCCCCCCC(=O)OC(COC(=O)CCCCCCC)COP(=O)(O)OC1C(O)C(O)C(O)C(O)C1O. The molecule has 1 rings (SSSR count). The van der Waals surface area contributed by atoms with Crippen LogP contribution in [0.15, 0.2) is 24.3 Å². The van der Waals surface area contributed by atoms with Crippen molar-refractivity contribution in [3.8, 4) is 0 Å². The highest BCUT2D eigenvalue weighted by atomic mass is 31.2. The van der Waals surface area contributed by atoms with Crippen LogP contribution >= 0.6 is 7.82 Å². The topological polar surface area (TPSA) is 210 Å². The smallest absolute Gasteiger partial charge is 0.462 e. The molecule has 0 aliphatic heterocycles. The Morgan fingerprint density at radius 1 is 0.633 bits per heavy atom. The van der Waals surface area contributed by atoms with Crippen LogP contribution in [0.4, 0.5) is 0 Å². The number of phosphoric acid groups is 1. The average Bonchev–Trinajstić information content (AvgIpc) is 3.07. The molecule has 0 aromatic heterocycles. The molecule has 0 aromatic rings. The van der Waals surface area contributed by atoms with Crippen molar-refractivity contribution in [2.75, 3.05) is 13.2 Å². The number of aliphatic hydroxyl groups is 5. The first-order valence-corrected chi connectivity index (χ1v) is 19.6. The van der Waals surface area contributed by atoms with E-state index in [-0.39, 0.29) is 12.8 Å². The van der Waals surface area contributed by atoms with Crippen LogP contribution in [-0.4, -0.2) is 98.3 Å². The third-order valence-electron chi connectivity index (χ3n) is 8.30. The molecule has 0 amide bonds. The lowest BCUT2D eigenvalue weighted by Gasteiger charge is -2.41. The van der Waals surface area contributed by atoms with Crippen molar-refractivity contribution >= 4 is 19.8 Å². The summed E-state index contributed by atoms with van der Waals surface area (Å²) in [6.07, 6.45) is 11.7. The molecule has 0 radical (unpaired) electrons. The standard InChI is InChI=1S/C35H63O13P/c1-3-5-7-9-10-11-12-13-14-15-16-17-18-20-22-24-29(37)47-27(25-45-28(36)23-21-19-8-6-4-2)26-46-49(43,44)48-35-33(41)31(39)30(38)32(40)34(35)42/h10-11,13-14,27,30-35,38-42H,3-9,12,15-26H2,1-2H3,(H,43,44)/b11-10-,14-13-. The second-order valence-electron chi connectivity index (χ2n) is 12.7. The Labute approximate surface area is 292 Å². The number of esters is 2. The second-order valence-corrected chi connectivity index (χ2v) is 14.1. The van der Waals surface area contributed by atoms with Gasteiger partial charge in [-0.3, -0.25) is 18.6 Å². The van der Waals surface area contributed by atoms with E-state index in [1.807, 2.05) is 0 Å². The fourth-order valence-corrected chi connectivity index (χ4v) is 6.23. The van der Waals surface area contributed by atoms with Crippen LogP contribution in [0.1, 0.15) is 129 Å². The molecular formula is C35H63O13P. The van der Waals surface area contributed by atoms with Crippen molar-refractivity contribution in [1.29, 1.82) is 0 Å². The second kappa shape index (κ2) is 27.0. The molecule has 14 heteroatoms. The largest absolute Gasteiger partial charge is 0.472 e. The van der Waals surface area contributed by atoms with E-state index in [0.29, 0.717) is 12.8 Å². The number of unbranched alkanes of at least 4 members (excludes halogenated alkanes) is 12. The quantitative estimate of drug-likeness (QED) is 0.0274. The summed E-state index contributed by atoms with van der Waals surface area (Å²) < 4.78 is 33.1. The minimum atomic E-state index is -5.10. The zero-order chi connectivity index (χ0) is 36.5. The number of aliphatic hydroxyl groups excluding tert-OH is 5. The first-order chi connectivity index (χ1) is 23.4. The van der Waals surface area contributed by atoms with Crippen LogP contribution in [0.3, 0.4) is 0 Å². The molecule has 0 saturated heterocycles. The van der Waals surface area contributed by atoms with E-state index in [9.17, 15) is 44.6 Å². The molecule has 1 aliphatic rings. The highest BCUT2D eigenvalue weighted by molar-refractivity contribution is 7.47. The van der Waals surface area contributed by atoms with E-state index >= 15 is 0 Å². The van der Waals surface area contributed by atoms with Crippen molar-refractivity contribution in [3.05, 3.63) is 24.3 Å². The summed E-state index contributed by atoms with van der Waals surface area (Å²) in [4.78, 5) is 35.1. The van der Waals surface area contributed by atoms with E-state index < -0.39 is 75.7 Å². The number of phosphoric ester groups is 1. The number of carbonyl (C=O) groups excluding carboxylic acids is 2. The van der Waals surface area contributed by atoms with Crippen LogP contribution < -0.4 is 0 Å². The average molecular weight is 723 g/mol. The minimum Gasteiger partial charge on any atom is -0.462 e. The predicted octanol–water partition coefficient (Wildman–Crippen LogP) is 4.94. The summed E-state index contributed by atoms with van der Waals surface area (Å²) in [6.45, 7) is 3.10. The van der Waals surface area contributed by atoms with Crippen molar-refractivity contribution < 1.29 is 63.1 Å². The highest BCUT2D eigenvalue weighted by Crippen LogP contribution is 2.47. The van der Waals surface area contributed by atoms with Gasteiger partial charge in [0, 0.05) is 12.8 Å². The minimum absolute atomic E-state index is 0.0816.